The van der Waals surface area contributed by atoms with Crippen molar-refractivity contribution in [3.05, 3.63) is 70.0 Å². The molecule has 0 aliphatic heterocycles. The summed E-state index contributed by atoms with van der Waals surface area (Å²) in [5, 5.41) is 11.4. The fourth-order valence-electron chi connectivity index (χ4n) is 4.04. The molecule has 1 aromatic heterocycles. The van der Waals surface area contributed by atoms with E-state index in [2.05, 4.69) is 9.98 Å². The highest BCUT2D eigenvalue weighted by Gasteiger charge is 2.57. The quantitative estimate of drug-likeness (QED) is 0.455. The van der Waals surface area contributed by atoms with Crippen LogP contribution < -0.4 is 10.3 Å². The fraction of sp³-hybridized carbons (Fsp3) is 0.360. The average Bonchev–Trinajstić information content (AvgIpc) is 2.79. The number of rotatable bonds is 7. The first-order valence-corrected chi connectivity index (χ1v) is 10.7. The van der Waals surface area contributed by atoms with Gasteiger partial charge in [0.25, 0.3) is 0 Å². The summed E-state index contributed by atoms with van der Waals surface area (Å²) in [6, 6.07) is 12.8. The van der Waals surface area contributed by atoms with Gasteiger partial charge in [0.05, 0.1) is 18.3 Å². The van der Waals surface area contributed by atoms with E-state index >= 15 is 0 Å². The molecule has 0 saturated heterocycles. The van der Waals surface area contributed by atoms with Gasteiger partial charge in [0, 0.05) is 23.6 Å². The Kier molecular flexibility index (Phi) is 6.97. The Morgan fingerprint density at radius 1 is 1.12 bits per heavy atom. The van der Waals surface area contributed by atoms with Crippen LogP contribution in [0.2, 0.25) is 0 Å². The fourth-order valence-corrected chi connectivity index (χ4v) is 4.04. The molecule has 2 aromatic carbocycles. The average molecular weight is 460 g/mol. The van der Waals surface area contributed by atoms with E-state index in [4.69, 9.17) is 4.74 Å². The Hall–Kier alpha value is -3.13. The maximum atomic E-state index is 14.2. The first-order valence-electron chi connectivity index (χ1n) is 10.7. The molecule has 0 spiro atoms. The van der Waals surface area contributed by atoms with Crippen molar-refractivity contribution in [2.75, 3.05) is 7.11 Å². The largest absolute Gasteiger partial charge is 0.496 e. The number of nitrogens with one attached hydrogen (secondary N) is 1. The molecule has 0 amide bonds. The Balaban J connectivity index is 2.06. The molecule has 0 bridgehead atoms. The molecule has 3 rings (SSSR count). The molecule has 2 N–H and O–H groups in total. The van der Waals surface area contributed by atoms with Gasteiger partial charge in [-0.3, -0.25) is 9.79 Å². The molecule has 0 radical (unpaired) electrons. The van der Waals surface area contributed by atoms with Gasteiger partial charge in [0.2, 0.25) is 5.56 Å². The molecule has 3 unspecified atom stereocenters. The predicted octanol–water partition coefficient (Wildman–Crippen LogP) is 5.53. The summed E-state index contributed by atoms with van der Waals surface area (Å²) in [5.41, 5.74) is -1.43. The van der Waals surface area contributed by atoms with Gasteiger partial charge in [0.15, 0.2) is 5.60 Å². The number of pyridine rings is 1. The van der Waals surface area contributed by atoms with Crippen LogP contribution in [0.5, 0.6) is 5.75 Å². The first-order chi connectivity index (χ1) is 15.5. The molecule has 33 heavy (non-hydrogen) atoms. The van der Waals surface area contributed by atoms with Gasteiger partial charge < -0.3 is 14.8 Å². The number of para-hydroxylation sites is 1. The van der Waals surface area contributed by atoms with Crippen molar-refractivity contribution >= 4 is 22.8 Å². The molecule has 0 aliphatic carbocycles. The highest BCUT2D eigenvalue weighted by atomic mass is 19.4. The topological polar surface area (TPSA) is 74.7 Å². The van der Waals surface area contributed by atoms with Crippen molar-refractivity contribution in [3.63, 3.8) is 0 Å². The normalized spacial score (nSPS) is 16.0. The van der Waals surface area contributed by atoms with Gasteiger partial charge in [-0.1, -0.05) is 45.0 Å². The van der Waals surface area contributed by atoms with Gasteiger partial charge in [-0.05, 0) is 41.7 Å². The number of aryl methyl sites for hydroxylation is 1. The lowest BCUT2D eigenvalue weighted by molar-refractivity contribution is -0.246. The third-order valence-corrected chi connectivity index (χ3v) is 6.24. The lowest BCUT2D eigenvalue weighted by atomic mass is 9.76. The minimum Gasteiger partial charge on any atom is -0.496 e. The van der Waals surface area contributed by atoms with Crippen LogP contribution >= 0.6 is 0 Å². The third-order valence-electron chi connectivity index (χ3n) is 6.24. The zero-order valence-electron chi connectivity index (χ0n) is 18.9. The molecular formula is C25H27F3N2O3. The van der Waals surface area contributed by atoms with Crippen molar-refractivity contribution in [2.24, 2.45) is 10.9 Å². The van der Waals surface area contributed by atoms with Crippen LogP contribution in [0.15, 0.2) is 58.3 Å². The number of benzene rings is 2. The van der Waals surface area contributed by atoms with Crippen LogP contribution in [0.3, 0.4) is 0 Å². The summed E-state index contributed by atoms with van der Waals surface area (Å²) in [6.07, 6.45) is -3.75. The number of alkyl halides is 3. The monoisotopic (exact) mass is 460 g/mol. The van der Waals surface area contributed by atoms with E-state index in [9.17, 15) is 23.1 Å². The number of methoxy groups -OCH3 is 1. The number of fused-ring (bicyclic) bond motifs is 1. The van der Waals surface area contributed by atoms with Gasteiger partial charge in [0.1, 0.15) is 5.75 Å². The SMILES string of the molecule is CCc1cccc(C(C)C(C)C(O)(C=Nc2cccc3[nH]c(=O)ccc23)C(F)(F)F)c1OC. The molecular weight excluding hydrogens is 433 g/mol. The van der Waals surface area contributed by atoms with Crippen LogP contribution in [0, 0.1) is 5.92 Å². The molecule has 0 aliphatic rings. The van der Waals surface area contributed by atoms with Gasteiger partial charge in [-0.25, -0.2) is 0 Å². The van der Waals surface area contributed by atoms with Crippen LogP contribution in [0.1, 0.15) is 37.8 Å². The summed E-state index contributed by atoms with van der Waals surface area (Å²) < 4.78 is 48.1. The number of hydrogen-bond donors (Lipinski definition) is 2. The first kappa shape index (κ1) is 24.5. The number of ether oxygens (including phenoxy) is 1. The molecule has 5 nitrogen and oxygen atoms in total. The Bertz CT molecular complexity index is 1220. The maximum Gasteiger partial charge on any atom is 0.422 e. The summed E-state index contributed by atoms with van der Waals surface area (Å²) in [6.45, 7) is 4.92. The Labute approximate surface area is 190 Å². The summed E-state index contributed by atoms with van der Waals surface area (Å²) in [7, 11) is 1.48. The van der Waals surface area contributed by atoms with Crippen molar-refractivity contribution < 1.29 is 23.0 Å². The van der Waals surface area contributed by atoms with Crippen LogP contribution in [0.4, 0.5) is 18.9 Å². The van der Waals surface area contributed by atoms with Gasteiger partial charge in [-0.15, -0.1) is 0 Å². The van der Waals surface area contributed by atoms with Crippen LogP contribution in [-0.4, -0.2) is 35.2 Å². The number of aromatic amines is 1. The van der Waals surface area contributed by atoms with E-state index in [0.29, 0.717) is 34.9 Å². The zero-order chi connectivity index (χ0) is 24.4. The molecule has 3 aromatic rings. The van der Waals surface area contributed by atoms with Crippen molar-refractivity contribution in [3.8, 4) is 5.75 Å². The van der Waals surface area contributed by atoms with Crippen LogP contribution in [-0.2, 0) is 6.42 Å². The lowest BCUT2D eigenvalue weighted by Gasteiger charge is -2.36. The Morgan fingerprint density at radius 3 is 2.45 bits per heavy atom. The number of aliphatic imine (C=N–C) groups is 1. The van der Waals surface area contributed by atoms with Gasteiger partial charge >= 0.3 is 6.18 Å². The summed E-state index contributed by atoms with van der Waals surface area (Å²) in [4.78, 5) is 18.2. The van der Waals surface area contributed by atoms with E-state index in [0.717, 1.165) is 5.56 Å². The van der Waals surface area contributed by atoms with E-state index < -0.39 is 23.6 Å². The van der Waals surface area contributed by atoms with Crippen LogP contribution in [0.25, 0.3) is 10.9 Å². The van der Waals surface area contributed by atoms with Crippen molar-refractivity contribution in [1.82, 2.24) is 4.98 Å². The summed E-state index contributed by atoms with van der Waals surface area (Å²) in [5.74, 6) is -1.45. The highest BCUT2D eigenvalue weighted by molar-refractivity contribution is 5.91. The standard InChI is InChI=1S/C25H27F3N2O3/c1-5-17-8-6-9-18(23(17)33-4)15(2)16(3)24(32,25(26,27)28)14-29-20-10-7-11-21-19(20)12-13-22(31)30-21/h6-16,32H,5H2,1-4H3,(H,30,31). The molecule has 3 atom stereocenters. The lowest BCUT2D eigenvalue weighted by Crippen LogP contribution is -2.53. The number of nitrogens with zero attached hydrogens (tertiary/aromatic N) is 1. The smallest absolute Gasteiger partial charge is 0.422 e. The number of hydrogen-bond acceptors (Lipinski definition) is 4. The number of aliphatic hydroxyl groups is 1. The van der Waals surface area contributed by atoms with E-state index in [1.54, 1.807) is 31.2 Å². The van der Waals surface area contributed by atoms with Gasteiger partial charge in [-0.2, -0.15) is 13.2 Å². The number of H-pyrrole nitrogens is 1. The van der Waals surface area contributed by atoms with E-state index in [-0.39, 0.29) is 11.2 Å². The summed E-state index contributed by atoms with van der Waals surface area (Å²) >= 11 is 0. The molecule has 176 valence electrons. The molecule has 0 fully saturated rings. The second kappa shape index (κ2) is 9.39. The van der Waals surface area contributed by atoms with E-state index in [1.807, 2.05) is 13.0 Å². The number of halogens is 3. The molecule has 1 heterocycles. The second-order valence-electron chi connectivity index (χ2n) is 8.11. The third kappa shape index (κ3) is 4.66. The maximum absolute atomic E-state index is 14.2. The zero-order valence-corrected chi connectivity index (χ0v) is 18.9. The van der Waals surface area contributed by atoms with Crippen molar-refractivity contribution in [1.29, 1.82) is 0 Å². The second-order valence-corrected chi connectivity index (χ2v) is 8.11. The minimum atomic E-state index is -4.97. The molecule has 0 saturated carbocycles. The number of aromatic nitrogens is 1. The van der Waals surface area contributed by atoms with E-state index in [1.165, 1.54) is 32.2 Å². The highest BCUT2D eigenvalue weighted by Crippen LogP contribution is 2.44. The van der Waals surface area contributed by atoms with Crippen molar-refractivity contribution in [2.45, 2.75) is 44.9 Å². The Morgan fingerprint density at radius 2 is 1.82 bits per heavy atom. The molecule has 8 heteroatoms. The predicted molar refractivity (Wildman–Crippen MR) is 124 cm³/mol. The minimum absolute atomic E-state index is 0.205.